The van der Waals surface area contributed by atoms with Crippen molar-refractivity contribution in [2.45, 2.75) is 18.4 Å². The van der Waals surface area contributed by atoms with Crippen LogP contribution in [-0.2, 0) is 11.2 Å². The Morgan fingerprint density at radius 1 is 1.33 bits per heavy atom. The summed E-state index contributed by atoms with van der Waals surface area (Å²) in [5.41, 5.74) is 1.14. The maximum Gasteiger partial charge on any atom is 0.131 e. The summed E-state index contributed by atoms with van der Waals surface area (Å²) in [5.74, 6) is 0. The van der Waals surface area contributed by atoms with Crippen LogP contribution in [-0.4, -0.2) is 12.7 Å². The van der Waals surface area contributed by atoms with E-state index in [1.807, 2.05) is 18.2 Å². The molecule has 0 saturated carbocycles. The summed E-state index contributed by atoms with van der Waals surface area (Å²) in [6.07, 6.45) is 1.84. The van der Waals surface area contributed by atoms with Crippen LogP contribution in [0.5, 0.6) is 0 Å². The highest BCUT2D eigenvalue weighted by molar-refractivity contribution is 6.19. The van der Waals surface area contributed by atoms with E-state index in [-0.39, 0.29) is 5.56 Å². The molecule has 66 valence electrons. The van der Waals surface area contributed by atoms with E-state index in [4.69, 9.17) is 16.3 Å². The molecule has 0 spiro atoms. The van der Waals surface area contributed by atoms with Crippen molar-refractivity contribution in [3.63, 3.8) is 0 Å². The van der Waals surface area contributed by atoms with Crippen LogP contribution in [0, 0.1) is 0 Å². The number of aryl methyl sites for hydroxylation is 1. The normalized spacial score (nSPS) is 12.8. The zero-order valence-electron chi connectivity index (χ0n) is 7.16. The smallest absolute Gasteiger partial charge is 0.131 e. The highest BCUT2D eigenvalue weighted by Gasteiger charge is 2.01. The second-order valence-electron chi connectivity index (χ2n) is 2.67. The SMILES string of the molecule is CO[C@@H](Cl)CCc1ccccc1. The van der Waals surface area contributed by atoms with Gasteiger partial charge in [-0.15, -0.1) is 0 Å². The Balaban J connectivity index is 2.33. The zero-order chi connectivity index (χ0) is 8.81. The van der Waals surface area contributed by atoms with Gasteiger partial charge in [0.2, 0.25) is 0 Å². The third-order valence-electron chi connectivity index (χ3n) is 1.76. The van der Waals surface area contributed by atoms with Crippen molar-refractivity contribution >= 4 is 11.6 Å². The summed E-state index contributed by atoms with van der Waals surface area (Å²) in [6, 6.07) is 10.3. The summed E-state index contributed by atoms with van der Waals surface area (Å²) >= 11 is 5.79. The summed E-state index contributed by atoms with van der Waals surface area (Å²) in [4.78, 5) is 0. The molecule has 1 atom stereocenters. The quantitative estimate of drug-likeness (QED) is 0.654. The number of halogens is 1. The maximum absolute atomic E-state index is 5.79. The predicted molar refractivity (Wildman–Crippen MR) is 51.4 cm³/mol. The van der Waals surface area contributed by atoms with Crippen molar-refractivity contribution < 1.29 is 4.74 Å². The first-order chi connectivity index (χ1) is 5.83. The highest BCUT2D eigenvalue weighted by Crippen LogP contribution is 2.08. The van der Waals surface area contributed by atoms with E-state index in [1.165, 1.54) is 5.56 Å². The standard InChI is InChI=1S/C10H13ClO/c1-12-10(11)8-7-9-5-3-2-4-6-9/h2-6,10H,7-8H2,1H3/t10-/m1/s1. The minimum absolute atomic E-state index is 0.162. The van der Waals surface area contributed by atoms with Crippen molar-refractivity contribution in [1.82, 2.24) is 0 Å². The predicted octanol–water partition coefficient (Wildman–Crippen LogP) is 2.83. The molecule has 0 N–H and O–H groups in total. The molecule has 1 rings (SSSR count). The molecule has 12 heavy (non-hydrogen) atoms. The van der Waals surface area contributed by atoms with E-state index in [2.05, 4.69) is 12.1 Å². The van der Waals surface area contributed by atoms with Gasteiger partial charge in [0, 0.05) is 7.11 Å². The molecule has 0 radical (unpaired) electrons. The molecule has 0 aliphatic carbocycles. The molecule has 1 nitrogen and oxygen atoms in total. The average Bonchev–Trinajstić information content (AvgIpc) is 2.16. The van der Waals surface area contributed by atoms with Crippen molar-refractivity contribution in [3.8, 4) is 0 Å². The fourth-order valence-corrected chi connectivity index (χ4v) is 1.15. The second kappa shape index (κ2) is 5.18. The van der Waals surface area contributed by atoms with Gasteiger partial charge in [-0.25, -0.2) is 0 Å². The van der Waals surface area contributed by atoms with Crippen LogP contribution in [0.25, 0.3) is 0 Å². The Morgan fingerprint density at radius 2 is 2.00 bits per heavy atom. The van der Waals surface area contributed by atoms with Gasteiger partial charge in [0.15, 0.2) is 0 Å². The number of alkyl halides is 1. The number of hydrogen-bond acceptors (Lipinski definition) is 1. The van der Waals surface area contributed by atoms with Crippen molar-refractivity contribution in [3.05, 3.63) is 35.9 Å². The molecule has 0 unspecified atom stereocenters. The molecule has 0 fully saturated rings. The molecule has 0 aliphatic heterocycles. The Hall–Kier alpha value is -0.530. The lowest BCUT2D eigenvalue weighted by molar-refractivity contribution is 0.160. The molecule has 1 aromatic rings. The molecular formula is C10H13ClO. The summed E-state index contributed by atoms with van der Waals surface area (Å²) in [6.45, 7) is 0. The molecule has 0 amide bonds. The van der Waals surface area contributed by atoms with Crippen molar-refractivity contribution in [2.24, 2.45) is 0 Å². The molecule has 0 bridgehead atoms. The van der Waals surface area contributed by atoms with E-state index in [1.54, 1.807) is 7.11 Å². The maximum atomic E-state index is 5.79. The molecule has 1 aromatic carbocycles. The van der Waals surface area contributed by atoms with Gasteiger partial charge in [-0.05, 0) is 18.4 Å². The molecule has 2 heteroatoms. The lowest BCUT2D eigenvalue weighted by Gasteiger charge is -2.06. The first-order valence-corrected chi connectivity index (χ1v) is 4.47. The van der Waals surface area contributed by atoms with Gasteiger partial charge in [0.1, 0.15) is 5.56 Å². The Kier molecular flexibility index (Phi) is 4.12. The molecule has 0 heterocycles. The van der Waals surface area contributed by atoms with Gasteiger partial charge < -0.3 is 4.74 Å². The molecule has 0 aliphatic rings. The molecular weight excluding hydrogens is 172 g/mol. The van der Waals surface area contributed by atoms with E-state index in [9.17, 15) is 0 Å². The third kappa shape index (κ3) is 3.24. The summed E-state index contributed by atoms with van der Waals surface area (Å²) in [7, 11) is 1.63. The van der Waals surface area contributed by atoms with Gasteiger partial charge in [-0.1, -0.05) is 41.9 Å². The van der Waals surface area contributed by atoms with Gasteiger partial charge in [-0.2, -0.15) is 0 Å². The van der Waals surface area contributed by atoms with Gasteiger partial charge in [0.25, 0.3) is 0 Å². The number of rotatable bonds is 4. The Morgan fingerprint density at radius 3 is 2.58 bits per heavy atom. The van der Waals surface area contributed by atoms with Crippen LogP contribution in [0.4, 0.5) is 0 Å². The molecule has 0 aromatic heterocycles. The minimum atomic E-state index is -0.162. The summed E-state index contributed by atoms with van der Waals surface area (Å²) < 4.78 is 4.94. The van der Waals surface area contributed by atoms with Crippen molar-refractivity contribution in [1.29, 1.82) is 0 Å². The fraction of sp³-hybridized carbons (Fsp3) is 0.400. The number of methoxy groups -OCH3 is 1. The number of benzene rings is 1. The van der Waals surface area contributed by atoms with E-state index < -0.39 is 0 Å². The van der Waals surface area contributed by atoms with Gasteiger partial charge in [0.05, 0.1) is 0 Å². The monoisotopic (exact) mass is 184 g/mol. The van der Waals surface area contributed by atoms with E-state index in [0.29, 0.717) is 0 Å². The summed E-state index contributed by atoms with van der Waals surface area (Å²) in [5, 5.41) is 0. The molecule has 0 saturated heterocycles. The van der Waals surface area contributed by atoms with E-state index in [0.717, 1.165) is 12.8 Å². The fourth-order valence-electron chi connectivity index (χ4n) is 1.04. The van der Waals surface area contributed by atoms with Crippen LogP contribution in [0.2, 0.25) is 0 Å². The van der Waals surface area contributed by atoms with Crippen LogP contribution >= 0.6 is 11.6 Å². The van der Waals surface area contributed by atoms with Crippen LogP contribution in [0.1, 0.15) is 12.0 Å². The van der Waals surface area contributed by atoms with E-state index >= 15 is 0 Å². The topological polar surface area (TPSA) is 9.23 Å². The highest BCUT2D eigenvalue weighted by atomic mass is 35.5. The van der Waals surface area contributed by atoms with Crippen LogP contribution < -0.4 is 0 Å². The second-order valence-corrected chi connectivity index (χ2v) is 3.16. The average molecular weight is 185 g/mol. The Labute approximate surface area is 78.3 Å². The first kappa shape index (κ1) is 9.56. The lowest BCUT2D eigenvalue weighted by Crippen LogP contribution is -2.02. The lowest BCUT2D eigenvalue weighted by atomic mass is 10.1. The zero-order valence-corrected chi connectivity index (χ0v) is 7.92. The van der Waals surface area contributed by atoms with Crippen LogP contribution in [0.3, 0.4) is 0 Å². The first-order valence-electron chi connectivity index (χ1n) is 4.03. The number of hydrogen-bond donors (Lipinski definition) is 0. The van der Waals surface area contributed by atoms with Gasteiger partial charge >= 0.3 is 0 Å². The largest absolute Gasteiger partial charge is 0.366 e. The van der Waals surface area contributed by atoms with Crippen LogP contribution in [0.15, 0.2) is 30.3 Å². The Bertz CT molecular complexity index is 210. The van der Waals surface area contributed by atoms with Crippen molar-refractivity contribution in [2.75, 3.05) is 7.11 Å². The number of ether oxygens (including phenoxy) is 1. The van der Waals surface area contributed by atoms with Gasteiger partial charge in [-0.3, -0.25) is 0 Å². The minimum Gasteiger partial charge on any atom is -0.366 e. The third-order valence-corrected chi connectivity index (χ3v) is 2.15.